The van der Waals surface area contributed by atoms with Gasteiger partial charge >= 0.3 is 0 Å². The van der Waals surface area contributed by atoms with Crippen molar-refractivity contribution in [2.45, 2.75) is 22.3 Å². The summed E-state index contributed by atoms with van der Waals surface area (Å²) in [5.41, 5.74) is 2.91. The number of benzene rings is 2. The van der Waals surface area contributed by atoms with Gasteiger partial charge in [0, 0.05) is 26.8 Å². The molecule has 0 saturated carbocycles. The van der Waals surface area contributed by atoms with Gasteiger partial charge in [-0.2, -0.15) is 0 Å². The number of halogens is 1. The Morgan fingerprint density at radius 2 is 1.86 bits per heavy atom. The van der Waals surface area contributed by atoms with Crippen LogP contribution in [-0.2, 0) is 6.42 Å². The Hall–Kier alpha value is -1.00. The summed E-state index contributed by atoms with van der Waals surface area (Å²) in [7, 11) is 0. The molecule has 2 aromatic carbocycles. The van der Waals surface area contributed by atoms with E-state index in [-0.39, 0.29) is 0 Å². The molecule has 2 heterocycles. The minimum Gasteiger partial charge on any atom is -0.337 e. The smallest absolute Gasteiger partial charge is 0.127 e. The number of piperazine rings is 1. The number of nitrogens with two attached hydrogens (primary N) is 1. The molecule has 0 radical (unpaired) electrons. The van der Waals surface area contributed by atoms with E-state index in [9.17, 15) is 0 Å². The molecule has 0 amide bonds. The Morgan fingerprint density at radius 3 is 2.73 bits per heavy atom. The van der Waals surface area contributed by atoms with Crippen molar-refractivity contribution in [2.75, 3.05) is 26.2 Å². The molecule has 0 bridgehead atoms. The van der Waals surface area contributed by atoms with Crippen LogP contribution in [-0.4, -0.2) is 26.2 Å². The maximum Gasteiger partial charge on any atom is 0.127 e. The van der Waals surface area contributed by atoms with Crippen LogP contribution in [0.1, 0.15) is 17.2 Å². The highest BCUT2D eigenvalue weighted by Crippen LogP contribution is 2.40. The number of hydrogen-bond acceptors (Lipinski definition) is 1. The molecule has 114 valence electrons. The third-order valence-electron chi connectivity index (χ3n) is 4.80. The Morgan fingerprint density at radius 1 is 1.05 bits per heavy atom. The lowest BCUT2D eigenvalue weighted by Gasteiger charge is -2.31. The van der Waals surface area contributed by atoms with Crippen molar-refractivity contribution in [3.8, 4) is 0 Å². The quantitative estimate of drug-likeness (QED) is 0.812. The summed E-state index contributed by atoms with van der Waals surface area (Å²) >= 11 is 8.22. The van der Waals surface area contributed by atoms with Crippen molar-refractivity contribution in [2.24, 2.45) is 0 Å². The van der Waals surface area contributed by atoms with Gasteiger partial charge in [0.1, 0.15) is 32.2 Å². The fourth-order valence-electron chi connectivity index (χ4n) is 3.66. The molecule has 3 N–H and O–H groups in total. The Balaban J connectivity index is 1.80. The molecule has 2 aliphatic heterocycles. The first kappa shape index (κ1) is 14.6. The van der Waals surface area contributed by atoms with E-state index in [0.717, 1.165) is 11.4 Å². The topological polar surface area (TPSA) is 21.1 Å². The molecule has 1 fully saturated rings. The first-order valence-corrected chi connectivity index (χ1v) is 9.22. The minimum absolute atomic E-state index is 0.526. The molecule has 2 nitrogen and oxygen atoms in total. The molecule has 0 aliphatic carbocycles. The molecule has 22 heavy (non-hydrogen) atoms. The van der Waals surface area contributed by atoms with Gasteiger partial charge < -0.3 is 10.2 Å². The maximum absolute atomic E-state index is 6.32. The summed E-state index contributed by atoms with van der Waals surface area (Å²) in [6.07, 6.45) is 1.12. The van der Waals surface area contributed by atoms with Gasteiger partial charge in [-0.05, 0) is 29.8 Å². The molecule has 4 rings (SSSR count). The highest BCUT2D eigenvalue weighted by molar-refractivity contribution is 7.99. The van der Waals surface area contributed by atoms with E-state index >= 15 is 0 Å². The molecule has 4 heteroatoms. The summed E-state index contributed by atoms with van der Waals surface area (Å²) < 4.78 is 0. The van der Waals surface area contributed by atoms with Crippen molar-refractivity contribution < 1.29 is 10.2 Å². The number of hydrogen-bond donors (Lipinski definition) is 2. The van der Waals surface area contributed by atoms with Gasteiger partial charge in [0.05, 0.1) is 0 Å². The van der Waals surface area contributed by atoms with E-state index in [0.29, 0.717) is 6.04 Å². The predicted molar refractivity (Wildman–Crippen MR) is 90.8 cm³/mol. The number of fused-ring (bicyclic) bond motifs is 2. The monoisotopic (exact) mass is 332 g/mol. The van der Waals surface area contributed by atoms with Crippen molar-refractivity contribution in [1.82, 2.24) is 0 Å². The predicted octanol–water partition coefficient (Wildman–Crippen LogP) is 1.55. The number of nitrogens with one attached hydrogen (secondary N) is 1. The van der Waals surface area contributed by atoms with Crippen LogP contribution < -0.4 is 10.2 Å². The van der Waals surface area contributed by atoms with E-state index in [2.05, 4.69) is 41.7 Å². The zero-order valence-electron chi connectivity index (χ0n) is 12.5. The average Bonchev–Trinajstić information content (AvgIpc) is 2.72. The third kappa shape index (κ3) is 2.79. The van der Waals surface area contributed by atoms with Crippen LogP contribution in [0.15, 0.2) is 52.3 Å². The molecular formula is C18H21ClN2S+2. The molecule has 0 unspecified atom stereocenters. The zero-order valence-corrected chi connectivity index (χ0v) is 14.1. The number of rotatable bonds is 1. The lowest BCUT2D eigenvalue weighted by Crippen LogP contribution is -3.20. The van der Waals surface area contributed by atoms with Gasteiger partial charge in [-0.1, -0.05) is 41.6 Å². The van der Waals surface area contributed by atoms with E-state index in [1.807, 2.05) is 17.8 Å². The third-order valence-corrected chi connectivity index (χ3v) is 6.24. The van der Waals surface area contributed by atoms with Crippen molar-refractivity contribution in [3.05, 3.63) is 58.6 Å². The van der Waals surface area contributed by atoms with E-state index in [4.69, 9.17) is 11.6 Å². The van der Waals surface area contributed by atoms with Crippen molar-refractivity contribution >= 4 is 23.4 Å². The summed E-state index contributed by atoms with van der Waals surface area (Å²) in [6.45, 7) is 4.94. The Bertz CT molecular complexity index is 683. The van der Waals surface area contributed by atoms with E-state index < -0.39 is 0 Å². The van der Waals surface area contributed by atoms with Crippen LogP contribution in [0.4, 0.5) is 0 Å². The largest absolute Gasteiger partial charge is 0.337 e. The first-order chi connectivity index (χ1) is 10.8. The minimum atomic E-state index is 0.526. The maximum atomic E-state index is 6.32. The second-order valence-corrected chi connectivity index (χ2v) is 7.69. The fourth-order valence-corrected chi connectivity index (χ4v) is 4.96. The van der Waals surface area contributed by atoms with Gasteiger partial charge in [0.2, 0.25) is 0 Å². The number of quaternary nitrogens is 2. The lowest BCUT2D eigenvalue weighted by atomic mass is 9.97. The summed E-state index contributed by atoms with van der Waals surface area (Å²) in [5.74, 6) is 0. The summed E-state index contributed by atoms with van der Waals surface area (Å²) in [5, 5.41) is 3.29. The molecule has 0 spiro atoms. The highest BCUT2D eigenvalue weighted by Gasteiger charge is 2.32. The zero-order chi connectivity index (χ0) is 14.9. The fraction of sp³-hybridized carbons (Fsp3) is 0.333. The van der Waals surface area contributed by atoms with Crippen molar-refractivity contribution in [3.63, 3.8) is 0 Å². The van der Waals surface area contributed by atoms with Crippen LogP contribution in [0.25, 0.3) is 0 Å². The van der Waals surface area contributed by atoms with Gasteiger partial charge in [0.25, 0.3) is 0 Å². The molecule has 2 aromatic rings. The van der Waals surface area contributed by atoms with Gasteiger partial charge in [0.15, 0.2) is 0 Å². The second kappa shape index (κ2) is 6.25. The summed E-state index contributed by atoms with van der Waals surface area (Å²) in [6, 6.07) is 15.8. The SMILES string of the molecule is Clc1ccc2c(c1)[C@H]([NH+]1CC[NH2+]CC1)Cc1ccccc1S2. The first-order valence-electron chi connectivity index (χ1n) is 8.03. The van der Waals surface area contributed by atoms with Gasteiger partial charge in [-0.25, -0.2) is 0 Å². The van der Waals surface area contributed by atoms with E-state index in [1.54, 1.807) is 4.90 Å². The van der Waals surface area contributed by atoms with Crippen LogP contribution in [0, 0.1) is 0 Å². The Kier molecular flexibility index (Phi) is 4.14. The van der Waals surface area contributed by atoms with Crippen LogP contribution in [0.5, 0.6) is 0 Å². The Labute approximate surface area is 140 Å². The normalized spacial score (nSPS) is 21.8. The van der Waals surface area contributed by atoms with Gasteiger partial charge in [-0.15, -0.1) is 0 Å². The summed E-state index contributed by atoms with van der Waals surface area (Å²) in [4.78, 5) is 4.49. The highest BCUT2D eigenvalue weighted by atomic mass is 35.5. The molecule has 2 aliphatic rings. The van der Waals surface area contributed by atoms with Crippen molar-refractivity contribution in [1.29, 1.82) is 0 Å². The molecule has 1 atom stereocenters. The van der Waals surface area contributed by atoms with Crippen LogP contribution in [0.2, 0.25) is 5.02 Å². The molecule has 0 aromatic heterocycles. The van der Waals surface area contributed by atoms with Crippen LogP contribution in [0.3, 0.4) is 0 Å². The van der Waals surface area contributed by atoms with Crippen LogP contribution >= 0.6 is 23.4 Å². The standard InChI is InChI=1S/C18H19ClN2S/c19-14-5-6-18-15(12-14)16(21-9-7-20-8-10-21)11-13-3-1-2-4-17(13)22-18/h1-6,12,16,20H,7-11H2/p+2/t16-/m1/s1. The van der Waals surface area contributed by atoms with Gasteiger partial charge in [-0.3, -0.25) is 0 Å². The van der Waals surface area contributed by atoms with E-state index in [1.165, 1.54) is 47.1 Å². The second-order valence-electron chi connectivity index (χ2n) is 6.17. The lowest BCUT2D eigenvalue weighted by molar-refractivity contribution is -0.972. The molecular weight excluding hydrogens is 312 g/mol. The molecule has 1 saturated heterocycles. The average molecular weight is 333 g/mol.